The van der Waals surface area contributed by atoms with Crippen LogP contribution in [-0.4, -0.2) is 21.1 Å². The van der Waals surface area contributed by atoms with Crippen molar-refractivity contribution in [3.63, 3.8) is 0 Å². The molecule has 0 amide bonds. The summed E-state index contributed by atoms with van der Waals surface area (Å²) in [4.78, 5) is 4.31. The van der Waals surface area contributed by atoms with E-state index < -0.39 is 0 Å². The third-order valence-corrected chi connectivity index (χ3v) is 2.65. The fraction of sp³-hybridized carbons (Fsp3) is 0.333. The maximum atomic E-state index is 5.61. The first-order valence-corrected chi connectivity index (χ1v) is 5.20. The molecule has 2 aromatic rings. The highest BCUT2D eigenvalue weighted by atomic mass is 79.9. The number of halogens is 1. The van der Waals surface area contributed by atoms with E-state index in [1.54, 1.807) is 10.7 Å². The number of hydrogen-bond acceptors (Lipinski definition) is 3. The summed E-state index contributed by atoms with van der Waals surface area (Å²) in [7, 11) is 0. The van der Waals surface area contributed by atoms with Gasteiger partial charge in [-0.2, -0.15) is 5.10 Å². The quantitative estimate of drug-likeness (QED) is 0.885. The second-order valence-electron chi connectivity index (χ2n) is 3.28. The van der Waals surface area contributed by atoms with Crippen molar-refractivity contribution in [2.45, 2.75) is 12.8 Å². The minimum absolute atomic E-state index is 0.293. The summed E-state index contributed by atoms with van der Waals surface area (Å²) >= 11 is 3.35. The molecule has 1 unspecified atom stereocenters. The Balaban J connectivity index is 2.58. The summed E-state index contributed by atoms with van der Waals surface area (Å²) in [6, 6.07) is 0. The number of nitrogens with zero attached hydrogens (tertiary/aromatic N) is 3. The molecule has 0 spiro atoms. The normalized spacial score (nSPS) is 13.4. The van der Waals surface area contributed by atoms with Crippen LogP contribution in [0.2, 0.25) is 0 Å². The third-order valence-electron chi connectivity index (χ3n) is 2.24. The molecular weight excluding hydrogens is 244 g/mol. The molecule has 0 aliphatic heterocycles. The first kappa shape index (κ1) is 9.61. The molecule has 5 heteroatoms. The molecule has 1 atom stereocenters. The van der Waals surface area contributed by atoms with Crippen LogP contribution in [0.3, 0.4) is 0 Å². The van der Waals surface area contributed by atoms with Crippen molar-refractivity contribution in [2.24, 2.45) is 5.73 Å². The van der Waals surface area contributed by atoms with Crippen molar-refractivity contribution in [2.75, 3.05) is 6.54 Å². The largest absolute Gasteiger partial charge is 0.330 e. The van der Waals surface area contributed by atoms with Crippen LogP contribution in [0.25, 0.3) is 5.65 Å². The first-order valence-electron chi connectivity index (χ1n) is 4.41. The molecule has 2 N–H and O–H groups in total. The van der Waals surface area contributed by atoms with E-state index in [1.165, 1.54) is 0 Å². The Morgan fingerprint density at radius 2 is 2.36 bits per heavy atom. The first-order chi connectivity index (χ1) is 6.72. The Morgan fingerprint density at radius 1 is 1.57 bits per heavy atom. The van der Waals surface area contributed by atoms with E-state index in [2.05, 4.69) is 32.9 Å². The SMILES string of the molecule is CC(CN)c1cnn2cc(Br)cnc12. The highest BCUT2D eigenvalue weighted by Gasteiger charge is 2.11. The van der Waals surface area contributed by atoms with Gasteiger partial charge in [0.1, 0.15) is 0 Å². The zero-order chi connectivity index (χ0) is 10.1. The number of nitrogens with two attached hydrogens (primary N) is 1. The van der Waals surface area contributed by atoms with E-state index in [1.807, 2.05) is 12.4 Å². The van der Waals surface area contributed by atoms with E-state index in [0.29, 0.717) is 12.5 Å². The molecule has 0 aliphatic carbocycles. The van der Waals surface area contributed by atoms with Gasteiger partial charge in [0, 0.05) is 18.0 Å². The van der Waals surface area contributed by atoms with E-state index in [0.717, 1.165) is 15.7 Å². The van der Waals surface area contributed by atoms with Crippen molar-refractivity contribution >= 4 is 21.6 Å². The maximum Gasteiger partial charge on any atom is 0.158 e. The lowest BCUT2D eigenvalue weighted by atomic mass is 10.1. The number of fused-ring (bicyclic) bond motifs is 1. The molecule has 0 fully saturated rings. The number of rotatable bonds is 2. The van der Waals surface area contributed by atoms with Crippen LogP contribution in [0.1, 0.15) is 18.4 Å². The van der Waals surface area contributed by atoms with Crippen molar-refractivity contribution in [1.29, 1.82) is 0 Å². The minimum Gasteiger partial charge on any atom is -0.330 e. The predicted molar refractivity (Wildman–Crippen MR) is 58.2 cm³/mol. The van der Waals surface area contributed by atoms with Gasteiger partial charge in [-0.05, 0) is 28.4 Å². The number of hydrogen-bond donors (Lipinski definition) is 1. The summed E-state index contributed by atoms with van der Waals surface area (Å²) in [6.45, 7) is 2.68. The van der Waals surface area contributed by atoms with Gasteiger partial charge in [-0.1, -0.05) is 6.92 Å². The van der Waals surface area contributed by atoms with Gasteiger partial charge in [-0.15, -0.1) is 0 Å². The highest BCUT2D eigenvalue weighted by Crippen LogP contribution is 2.19. The Morgan fingerprint density at radius 3 is 3.07 bits per heavy atom. The molecule has 0 aliphatic rings. The second-order valence-corrected chi connectivity index (χ2v) is 4.19. The van der Waals surface area contributed by atoms with Gasteiger partial charge in [0.25, 0.3) is 0 Å². The fourth-order valence-corrected chi connectivity index (χ4v) is 1.64. The van der Waals surface area contributed by atoms with Crippen LogP contribution in [0, 0.1) is 0 Å². The minimum atomic E-state index is 0.293. The van der Waals surface area contributed by atoms with Gasteiger partial charge in [0.05, 0.1) is 10.7 Å². The summed E-state index contributed by atoms with van der Waals surface area (Å²) in [6.07, 6.45) is 5.48. The van der Waals surface area contributed by atoms with Gasteiger partial charge >= 0.3 is 0 Å². The van der Waals surface area contributed by atoms with Gasteiger partial charge in [-0.25, -0.2) is 9.50 Å². The molecule has 0 saturated heterocycles. The lowest BCUT2D eigenvalue weighted by molar-refractivity contribution is 0.778. The molecule has 0 radical (unpaired) electrons. The zero-order valence-electron chi connectivity index (χ0n) is 7.81. The van der Waals surface area contributed by atoms with Gasteiger partial charge in [0.2, 0.25) is 0 Å². The molecule has 2 rings (SSSR count). The maximum absolute atomic E-state index is 5.61. The van der Waals surface area contributed by atoms with E-state index in [9.17, 15) is 0 Å². The van der Waals surface area contributed by atoms with Crippen LogP contribution < -0.4 is 5.73 Å². The molecule has 0 saturated carbocycles. The standard InChI is InChI=1S/C9H11BrN4/c1-6(2-11)8-4-13-14-5-7(10)3-12-9(8)14/h3-6H,2,11H2,1H3. The molecule has 0 bridgehead atoms. The molecule has 2 aromatic heterocycles. The molecular formula is C9H11BrN4. The van der Waals surface area contributed by atoms with Crippen LogP contribution in [0.15, 0.2) is 23.1 Å². The average molecular weight is 255 g/mol. The van der Waals surface area contributed by atoms with Gasteiger partial charge in [0.15, 0.2) is 5.65 Å². The Bertz CT molecular complexity index is 451. The molecule has 2 heterocycles. The molecule has 0 aromatic carbocycles. The molecule has 74 valence electrons. The monoisotopic (exact) mass is 254 g/mol. The van der Waals surface area contributed by atoms with Crippen LogP contribution in [0.5, 0.6) is 0 Å². The second kappa shape index (κ2) is 3.67. The third kappa shape index (κ3) is 1.53. The Kier molecular flexibility index (Phi) is 2.52. The van der Waals surface area contributed by atoms with Crippen molar-refractivity contribution < 1.29 is 0 Å². The van der Waals surface area contributed by atoms with E-state index in [-0.39, 0.29) is 0 Å². The van der Waals surface area contributed by atoms with Gasteiger partial charge in [-0.3, -0.25) is 0 Å². The van der Waals surface area contributed by atoms with Crippen LogP contribution >= 0.6 is 15.9 Å². The summed E-state index contributed by atoms with van der Waals surface area (Å²) in [5, 5.41) is 4.22. The zero-order valence-corrected chi connectivity index (χ0v) is 9.40. The fourth-order valence-electron chi connectivity index (χ4n) is 1.34. The van der Waals surface area contributed by atoms with Crippen LogP contribution in [0.4, 0.5) is 0 Å². The Labute approximate surface area is 90.3 Å². The lowest BCUT2D eigenvalue weighted by Crippen LogP contribution is -2.08. The topological polar surface area (TPSA) is 56.2 Å². The van der Waals surface area contributed by atoms with Crippen molar-refractivity contribution in [3.05, 3.63) is 28.6 Å². The summed E-state index contributed by atoms with van der Waals surface area (Å²) < 4.78 is 2.67. The van der Waals surface area contributed by atoms with Gasteiger partial charge < -0.3 is 5.73 Å². The molecule has 4 nitrogen and oxygen atoms in total. The van der Waals surface area contributed by atoms with Crippen LogP contribution in [-0.2, 0) is 0 Å². The van der Waals surface area contributed by atoms with E-state index in [4.69, 9.17) is 5.73 Å². The smallest absolute Gasteiger partial charge is 0.158 e. The summed E-state index contributed by atoms with van der Waals surface area (Å²) in [5.74, 6) is 0.293. The van der Waals surface area contributed by atoms with Crippen molar-refractivity contribution in [1.82, 2.24) is 14.6 Å². The number of aromatic nitrogens is 3. The molecule has 14 heavy (non-hydrogen) atoms. The lowest BCUT2D eigenvalue weighted by Gasteiger charge is -2.04. The highest BCUT2D eigenvalue weighted by molar-refractivity contribution is 9.10. The van der Waals surface area contributed by atoms with E-state index >= 15 is 0 Å². The summed E-state index contributed by atoms with van der Waals surface area (Å²) in [5.41, 5.74) is 7.59. The Hall–Kier alpha value is -0.940. The predicted octanol–water partition coefficient (Wildman–Crippen LogP) is 1.55. The van der Waals surface area contributed by atoms with Crippen molar-refractivity contribution in [3.8, 4) is 0 Å². The average Bonchev–Trinajstić information content (AvgIpc) is 2.59.